The lowest BCUT2D eigenvalue weighted by atomic mass is 10.1. The molecule has 1 aromatic carbocycles. The van der Waals surface area contributed by atoms with Gasteiger partial charge in [-0.1, -0.05) is 19.1 Å². The van der Waals surface area contributed by atoms with Gasteiger partial charge in [0, 0.05) is 18.1 Å². The third-order valence-corrected chi connectivity index (χ3v) is 2.91. The summed E-state index contributed by atoms with van der Waals surface area (Å²) in [4.78, 5) is 4.40. The summed E-state index contributed by atoms with van der Waals surface area (Å²) >= 11 is 0. The number of hydrogen-bond donors (Lipinski definition) is 2. The molecule has 2 aromatic rings. The Bertz CT molecular complexity index is 494. The van der Waals surface area contributed by atoms with E-state index in [0.717, 1.165) is 25.2 Å². The summed E-state index contributed by atoms with van der Waals surface area (Å²) in [7, 11) is 0. The third-order valence-electron chi connectivity index (χ3n) is 2.91. The lowest BCUT2D eigenvalue weighted by Crippen LogP contribution is -2.09. The van der Waals surface area contributed by atoms with Crippen LogP contribution in [0.25, 0.3) is 10.8 Å². The minimum atomic E-state index is 0.706. The summed E-state index contributed by atoms with van der Waals surface area (Å²) in [5.74, 6) is 0.964. The van der Waals surface area contributed by atoms with Crippen LogP contribution in [0, 0.1) is 0 Å². The Hall–Kier alpha value is -1.61. The van der Waals surface area contributed by atoms with Crippen molar-refractivity contribution in [2.75, 3.05) is 18.4 Å². The van der Waals surface area contributed by atoms with Crippen molar-refractivity contribution in [1.29, 1.82) is 0 Å². The molecule has 3 nitrogen and oxygen atoms in total. The number of aromatic nitrogens is 1. The summed E-state index contributed by atoms with van der Waals surface area (Å²) in [5, 5.41) is 5.78. The first-order valence-corrected chi connectivity index (χ1v) is 6.16. The topological polar surface area (TPSA) is 50.9 Å². The molecule has 0 fully saturated rings. The van der Waals surface area contributed by atoms with Crippen molar-refractivity contribution >= 4 is 16.6 Å². The van der Waals surface area contributed by atoms with Gasteiger partial charge >= 0.3 is 0 Å². The van der Waals surface area contributed by atoms with E-state index >= 15 is 0 Å². The van der Waals surface area contributed by atoms with E-state index in [1.165, 1.54) is 16.3 Å². The van der Waals surface area contributed by atoms with Gasteiger partial charge in [-0.2, -0.15) is 0 Å². The standard InChI is InChI=1S/C14H19N3/c1-2-11-4-5-12-6-9-17-14(13(12)10-11)16-8-3-7-15/h4-6,9-10H,2-3,7-8,15H2,1H3,(H,16,17). The highest BCUT2D eigenvalue weighted by atomic mass is 15.0. The van der Waals surface area contributed by atoms with Crippen molar-refractivity contribution in [1.82, 2.24) is 4.98 Å². The monoisotopic (exact) mass is 229 g/mol. The molecule has 17 heavy (non-hydrogen) atoms. The molecule has 0 saturated carbocycles. The quantitative estimate of drug-likeness (QED) is 0.775. The SMILES string of the molecule is CCc1ccc2ccnc(NCCCN)c2c1. The van der Waals surface area contributed by atoms with E-state index in [1.54, 1.807) is 0 Å². The van der Waals surface area contributed by atoms with E-state index in [-0.39, 0.29) is 0 Å². The Morgan fingerprint density at radius 3 is 2.94 bits per heavy atom. The molecule has 1 aromatic heterocycles. The first-order valence-electron chi connectivity index (χ1n) is 6.16. The van der Waals surface area contributed by atoms with Crippen LogP contribution in [-0.2, 0) is 6.42 Å². The molecule has 0 bridgehead atoms. The van der Waals surface area contributed by atoms with Gasteiger partial charge in [-0.25, -0.2) is 4.98 Å². The first-order chi connectivity index (χ1) is 8.35. The van der Waals surface area contributed by atoms with E-state index in [0.29, 0.717) is 6.54 Å². The average molecular weight is 229 g/mol. The van der Waals surface area contributed by atoms with Gasteiger partial charge in [0.2, 0.25) is 0 Å². The summed E-state index contributed by atoms with van der Waals surface area (Å²) < 4.78 is 0. The smallest absolute Gasteiger partial charge is 0.133 e. The highest BCUT2D eigenvalue weighted by Crippen LogP contribution is 2.22. The van der Waals surface area contributed by atoms with Crippen LogP contribution in [-0.4, -0.2) is 18.1 Å². The number of pyridine rings is 1. The van der Waals surface area contributed by atoms with Crippen LogP contribution in [0.3, 0.4) is 0 Å². The predicted octanol–water partition coefficient (Wildman–Crippen LogP) is 2.56. The number of fused-ring (bicyclic) bond motifs is 1. The van der Waals surface area contributed by atoms with Gasteiger partial charge in [0.15, 0.2) is 0 Å². The number of nitrogens with one attached hydrogen (secondary N) is 1. The Balaban J connectivity index is 2.33. The van der Waals surface area contributed by atoms with Crippen molar-refractivity contribution < 1.29 is 0 Å². The number of benzene rings is 1. The Morgan fingerprint density at radius 1 is 1.29 bits per heavy atom. The highest BCUT2D eigenvalue weighted by molar-refractivity contribution is 5.92. The molecule has 3 heteroatoms. The van der Waals surface area contributed by atoms with Crippen LogP contribution in [0.15, 0.2) is 30.5 Å². The molecule has 0 amide bonds. The number of hydrogen-bond acceptors (Lipinski definition) is 3. The van der Waals surface area contributed by atoms with Crippen LogP contribution in [0.1, 0.15) is 18.9 Å². The van der Waals surface area contributed by atoms with Crippen LogP contribution in [0.2, 0.25) is 0 Å². The minimum absolute atomic E-state index is 0.706. The maximum atomic E-state index is 5.49. The van der Waals surface area contributed by atoms with Gasteiger partial charge in [0.1, 0.15) is 5.82 Å². The second kappa shape index (κ2) is 5.64. The molecule has 2 rings (SSSR count). The molecule has 0 atom stereocenters. The molecular formula is C14H19N3. The summed E-state index contributed by atoms with van der Waals surface area (Å²) in [6, 6.07) is 8.59. The Labute approximate surface area is 102 Å². The van der Waals surface area contributed by atoms with Crippen molar-refractivity contribution in [3.8, 4) is 0 Å². The number of nitrogens with two attached hydrogens (primary N) is 1. The highest BCUT2D eigenvalue weighted by Gasteiger charge is 2.02. The zero-order chi connectivity index (χ0) is 12.1. The Morgan fingerprint density at radius 2 is 2.18 bits per heavy atom. The molecule has 3 N–H and O–H groups in total. The normalized spacial score (nSPS) is 10.7. The van der Waals surface area contributed by atoms with Crippen LogP contribution < -0.4 is 11.1 Å². The molecule has 0 aliphatic rings. The second-order valence-corrected chi connectivity index (χ2v) is 4.14. The zero-order valence-corrected chi connectivity index (χ0v) is 10.2. The first kappa shape index (κ1) is 11.9. The number of nitrogens with zero attached hydrogens (tertiary/aromatic N) is 1. The van der Waals surface area contributed by atoms with Crippen molar-refractivity contribution in [3.63, 3.8) is 0 Å². The van der Waals surface area contributed by atoms with E-state index in [4.69, 9.17) is 5.73 Å². The fourth-order valence-corrected chi connectivity index (χ4v) is 1.89. The molecule has 0 saturated heterocycles. The fraction of sp³-hybridized carbons (Fsp3) is 0.357. The summed E-state index contributed by atoms with van der Waals surface area (Å²) in [6.07, 6.45) is 3.86. The summed E-state index contributed by atoms with van der Waals surface area (Å²) in [6.45, 7) is 3.75. The number of aryl methyl sites for hydroxylation is 1. The van der Waals surface area contributed by atoms with Crippen LogP contribution in [0.5, 0.6) is 0 Å². The maximum absolute atomic E-state index is 5.49. The number of rotatable bonds is 5. The van der Waals surface area contributed by atoms with E-state index in [2.05, 4.69) is 35.4 Å². The lowest BCUT2D eigenvalue weighted by Gasteiger charge is -2.09. The second-order valence-electron chi connectivity index (χ2n) is 4.14. The van der Waals surface area contributed by atoms with Crippen LogP contribution >= 0.6 is 0 Å². The molecular weight excluding hydrogens is 210 g/mol. The molecule has 0 unspecified atom stereocenters. The van der Waals surface area contributed by atoms with Gasteiger partial charge in [-0.15, -0.1) is 0 Å². The fourth-order valence-electron chi connectivity index (χ4n) is 1.89. The molecule has 0 aliphatic carbocycles. The molecule has 0 spiro atoms. The molecule has 0 aliphatic heterocycles. The van der Waals surface area contributed by atoms with E-state index in [9.17, 15) is 0 Å². The Kier molecular flexibility index (Phi) is 3.94. The van der Waals surface area contributed by atoms with Gasteiger partial charge in [-0.05, 0) is 42.5 Å². The van der Waals surface area contributed by atoms with Crippen molar-refractivity contribution in [2.24, 2.45) is 5.73 Å². The largest absolute Gasteiger partial charge is 0.370 e. The van der Waals surface area contributed by atoms with Crippen LogP contribution in [0.4, 0.5) is 5.82 Å². The molecule has 90 valence electrons. The van der Waals surface area contributed by atoms with Crippen molar-refractivity contribution in [2.45, 2.75) is 19.8 Å². The third kappa shape index (κ3) is 2.74. The average Bonchev–Trinajstić information content (AvgIpc) is 2.39. The van der Waals surface area contributed by atoms with E-state index in [1.807, 2.05) is 12.3 Å². The van der Waals surface area contributed by atoms with Gasteiger partial charge < -0.3 is 11.1 Å². The lowest BCUT2D eigenvalue weighted by molar-refractivity contribution is 0.871. The molecule has 1 heterocycles. The van der Waals surface area contributed by atoms with Gasteiger partial charge in [-0.3, -0.25) is 0 Å². The van der Waals surface area contributed by atoms with Gasteiger partial charge in [0.05, 0.1) is 0 Å². The van der Waals surface area contributed by atoms with Crippen molar-refractivity contribution in [3.05, 3.63) is 36.0 Å². The van der Waals surface area contributed by atoms with E-state index < -0.39 is 0 Å². The number of anilines is 1. The zero-order valence-electron chi connectivity index (χ0n) is 10.2. The minimum Gasteiger partial charge on any atom is -0.370 e. The predicted molar refractivity (Wildman–Crippen MR) is 73.3 cm³/mol. The summed E-state index contributed by atoms with van der Waals surface area (Å²) in [5.41, 5.74) is 6.83. The molecule has 0 radical (unpaired) electrons. The maximum Gasteiger partial charge on any atom is 0.133 e. The van der Waals surface area contributed by atoms with Gasteiger partial charge in [0.25, 0.3) is 0 Å².